The van der Waals surface area contributed by atoms with E-state index in [0.29, 0.717) is 16.9 Å². The van der Waals surface area contributed by atoms with Gasteiger partial charge in [0, 0.05) is 69.3 Å². The Labute approximate surface area is 373 Å². The number of ether oxygens (including phenoxy) is 2. The number of halogens is 2. The number of nitrogens with one attached hydrogen (secondary N) is 1. The van der Waals surface area contributed by atoms with E-state index < -0.39 is 0 Å². The Hall–Kier alpha value is -2.71. The van der Waals surface area contributed by atoms with Crippen molar-refractivity contribution in [2.75, 3.05) is 84.6 Å². The Kier molecular flexibility index (Phi) is 15.6. The lowest BCUT2D eigenvalue weighted by Crippen LogP contribution is -2.55. The van der Waals surface area contributed by atoms with Crippen LogP contribution >= 0.6 is 28.3 Å². The maximum absolute atomic E-state index is 11.8. The molecule has 6 saturated heterocycles. The summed E-state index contributed by atoms with van der Waals surface area (Å²) in [5.41, 5.74) is 0.777. The highest BCUT2D eigenvalue weighted by Crippen LogP contribution is 2.52. The lowest BCUT2D eigenvalue weighted by molar-refractivity contribution is -0.0112. The fraction of sp³-hybridized carbons (Fsp3) is 0.739. The van der Waals surface area contributed by atoms with Crippen molar-refractivity contribution in [2.45, 2.75) is 114 Å². The van der Waals surface area contributed by atoms with E-state index in [1.165, 1.54) is 130 Å². The molecule has 8 aliphatic rings. The van der Waals surface area contributed by atoms with Gasteiger partial charge in [-0.1, -0.05) is 12.1 Å². The number of piperidine rings is 2. The molecular formula is C46H70BrClN8O4. The van der Waals surface area contributed by atoms with Crippen molar-refractivity contribution in [1.82, 2.24) is 34.9 Å². The van der Waals surface area contributed by atoms with E-state index in [4.69, 9.17) is 9.47 Å². The van der Waals surface area contributed by atoms with E-state index in [9.17, 15) is 9.59 Å². The molecule has 0 bridgehead atoms. The van der Waals surface area contributed by atoms with Gasteiger partial charge in [0.15, 0.2) is 0 Å². The molecule has 12 nitrogen and oxygen atoms in total. The summed E-state index contributed by atoms with van der Waals surface area (Å²) in [5.74, 6) is 2.87. The van der Waals surface area contributed by atoms with Crippen LogP contribution in [0, 0.1) is 22.7 Å². The quantitative estimate of drug-likeness (QED) is 0.300. The number of amides is 2. The molecule has 8 fully saturated rings. The summed E-state index contributed by atoms with van der Waals surface area (Å²) in [6.45, 7) is 11.0. The van der Waals surface area contributed by atoms with Gasteiger partial charge in [-0.3, -0.25) is 0 Å². The average molecular weight is 914 g/mol. The molecule has 0 unspecified atom stereocenters. The molecule has 1 N–H and O–H groups in total. The molecule has 2 aromatic rings. The highest BCUT2D eigenvalue weighted by molar-refractivity contribution is 9.10. The Bertz CT molecular complexity index is 1650. The number of pyridine rings is 2. The summed E-state index contributed by atoms with van der Waals surface area (Å²) in [6, 6.07) is 14.9. The van der Waals surface area contributed by atoms with Gasteiger partial charge in [0.1, 0.15) is 10.4 Å². The van der Waals surface area contributed by atoms with Crippen LogP contribution in [0.3, 0.4) is 0 Å². The lowest BCUT2D eigenvalue weighted by Gasteiger charge is -2.52. The number of hydrogen-bond acceptors (Lipinski definition) is 10. The predicted octanol–water partition coefficient (Wildman–Crippen LogP) is 7.72. The summed E-state index contributed by atoms with van der Waals surface area (Å²) >= 11 is 3.20. The first-order valence-corrected chi connectivity index (χ1v) is 23.7. The second-order valence-corrected chi connectivity index (χ2v) is 19.9. The summed E-state index contributed by atoms with van der Waals surface area (Å²) in [4.78, 5) is 43.8. The van der Waals surface area contributed by atoms with Crippen molar-refractivity contribution in [2.24, 2.45) is 22.7 Å². The number of methoxy groups -OCH3 is 2. The topological polar surface area (TPSA) is 107 Å². The Morgan fingerprint density at radius 2 is 1.23 bits per heavy atom. The van der Waals surface area contributed by atoms with Crippen LogP contribution in [-0.2, 0) is 9.47 Å². The van der Waals surface area contributed by atoms with Gasteiger partial charge >= 0.3 is 12.2 Å². The zero-order chi connectivity index (χ0) is 40.8. The zero-order valence-electron chi connectivity index (χ0n) is 36.1. The minimum Gasteiger partial charge on any atom is -0.453 e. The SMILES string of the molecule is Brc1ccccn1.COC(=O)N1CCC2(CC(N3CCC([C@@H]4CCCN4)CC3)C2)C1.COC(=O)N1CCC2(CC(N3CCC([C@@H]4CCCN4c4ccccn4)CC3)C2)C1.Cl. The van der Waals surface area contributed by atoms with Crippen LogP contribution in [-0.4, -0.2) is 146 Å². The van der Waals surface area contributed by atoms with Crippen LogP contribution < -0.4 is 10.2 Å². The van der Waals surface area contributed by atoms with E-state index in [-0.39, 0.29) is 24.6 Å². The van der Waals surface area contributed by atoms with Crippen molar-refractivity contribution < 1.29 is 19.1 Å². The molecule has 332 valence electrons. The molecule has 10 rings (SSSR count). The molecule has 0 radical (unpaired) electrons. The van der Waals surface area contributed by atoms with Gasteiger partial charge in [-0.05, 0) is 185 Å². The molecule has 2 aliphatic carbocycles. The van der Waals surface area contributed by atoms with E-state index in [1.54, 1.807) is 6.20 Å². The number of likely N-dealkylation sites (tertiary alicyclic amines) is 4. The third-order valence-corrected chi connectivity index (χ3v) is 16.2. The van der Waals surface area contributed by atoms with E-state index in [1.807, 2.05) is 40.3 Å². The third-order valence-electron chi connectivity index (χ3n) is 15.7. The number of rotatable bonds is 5. The van der Waals surface area contributed by atoms with Gasteiger partial charge in [-0.25, -0.2) is 19.6 Å². The Balaban J connectivity index is 0.000000157. The molecule has 0 aromatic carbocycles. The molecule has 14 heteroatoms. The van der Waals surface area contributed by atoms with Crippen LogP contribution in [0.25, 0.3) is 0 Å². The minimum atomic E-state index is -0.153. The van der Waals surface area contributed by atoms with E-state index >= 15 is 0 Å². The van der Waals surface area contributed by atoms with Crippen LogP contribution in [0.5, 0.6) is 0 Å². The number of anilines is 1. The molecule has 2 spiro atoms. The molecule has 60 heavy (non-hydrogen) atoms. The summed E-state index contributed by atoms with van der Waals surface area (Å²) in [5, 5.41) is 3.69. The smallest absolute Gasteiger partial charge is 0.409 e. The molecule has 6 aliphatic heterocycles. The first kappa shape index (κ1) is 45.3. The number of carbonyl (C=O) groups excluding carboxylic acids is 2. The highest BCUT2D eigenvalue weighted by atomic mass is 79.9. The number of aromatic nitrogens is 2. The number of carbonyl (C=O) groups is 2. The van der Waals surface area contributed by atoms with E-state index in [0.717, 1.165) is 79.5 Å². The van der Waals surface area contributed by atoms with Gasteiger partial charge in [0.2, 0.25) is 0 Å². The molecule has 2 aromatic heterocycles. The summed E-state index contributed by atoms with van der Waals surface area (Å²) in [7, 11) is 2.97. The normalized spacial score (nSPS) is 32.0. The molecule has 2 amide bonds. The van der Waals surface area contributed by atoms with E-state index in [2.05, 4.69) is 58.0 Å². The molecule has 2 saturated carbocycles. The largest absolute Gasteiger partial charge is 0.453 e. The lowest BCUT2D eigenvalue weighted by atomic mass is 9.64. The maximum Gasteiger partial charge on any atom is 0.409 e. The van der Waals surface area contributed by atoms with Gasteiger partial charge in [0.25, 0.3) is 0 Å². The van der Waals surface area contributed by atoms with Crippen LogP contribution in [0.15, 0.2) is 53.4 Å². The van der Waals surface area contributed by atoms with Crippen molar-refractivity contribution in [3.63, 3.8) is 0 Å². The molecular weight excluding hydrogens is 844 g/mol. The van der Waals surface area contributed by atoms with Gasteiger partial charge in [-0.15, -0.1) is 12.4 Å². The first-order chi connectivity index (χ1) is 28.8. The fourth-order valence-electron chi connectivity index (χ4n) is 12.4. The van der Waals surface area contributed by atoms with Crippen molar-refractivity contribution in [3.8, 4) is 0 Å². The highest BCUT2D eigenvalue weighted by Gasteiger charge is 2.53. The first-order valence-electron chi connectivity index (χ1n) is 22.9. The maximum atomic E-state index is 11.8. The van der Waals surface area contributed by atoms with Crippen molar-refractivity contribution >= 4 is 46.3 Å². The number of hydrogen-bond donors (Lipinski definition) is 1. The van der Waals surface area contributed by atoms with Crippen LogP contribution in [0.1, 0.15) is 89.9 Å². The molecule has 8 heterocycles. The summed E-state index contributed by atoms with van der Waals surface area (Å²) in [6.07, 6.45) is 21.5. The van der Waals surface area contributed by atoms with Crippen molar-refractivity contribution in [1.29, 1.82) is 0 Å². The predicted molar refractivity (Wildman–Crippen MR) is 242 cm³/mol. The van der Waals surface area contributed by atoms with Crippen LogP contribution in [0.2, 0.25) is 0 Å². The van der Waals surface area contributed by atoms with Gasteiger partial charge < -0.3 is 39.3 Å². The second kappa shape index (κ2) is 20.6. The third kappa shape index (κ3) is 10.5. The Morgan fingerprint density at radius 1 is 0.683 bits per heavy atom. The number of nitrogens with zero attached hydrogens (tertiary/aromatic N) is 7. The zero-order valence-corrected chi connectivity index (χ0v) is 38.5. The van der Waals surface area contributed by atoms with Crippen LogP contribution in [0.4, 0.5) is 15.4 Å². The summed E-state index contributed by atoms with van der Waals surface area (Å²) < 4.78 is 10.7. The average Bonchev–Trinajstić information content (AvgIpc) is 4.11. The van der Waals surface area contributed by atoms with Gasteiger partial charge in [-0.2, -0.15) is 0 Å². The van der Waals surface area contributed by atoms with Crippen molar-refractivity contribution in [3.05, 3.63) is 53.4 Å². The Morgan fingerprint density at radius 3 is 1.68 bits per heavy atom. The monoisotopic (exact) mass is 912 g/mol. The van der Waals surface area contributed by atoms with Gasteiger partial charge in [0.05, 0.1) is 14.2 Å². The minimum absolute atomic E-state index is 0. The second-order valence-electron chi connectivity index (χ2n) is 19.1. The molecule has 2 atom stereocenters. The fourth-order valence-corrected chi connectivity index (χ4v) is 12.7. The standard InChI is InChI=1S/C23H34N4O2.C18H31N3O2.C5H4BrN.ClH/c1-29-22(28)26-14-9-23(17-26)15-19(16-23)25-12-7-18(8-13-25)20-5-4-11-27(20)21-6-2-3-10-24-21;1-23-17(22)21-10-6-18(13-21)11-15(12-18)20-8-4-14(5-9-20)16-3-2-7-19-16;6-5-3-1-2-4-7-5;/h2-3,6,10,18-20H,4-5,7-9,11-17H2,1H3;14-16,19H,2-13H2,1H3;1-4H;1H/t19?,20-,23?;15?,16-,18?;;/m00../s1.